The van der Waals surface area contributed by atoms with Gasteiger partial charge in [0, 0.05) is 13.2 Å². The second-order valence-corrected chi connectivity index (χ2v) is 3.53. The number of ether oxygens (including phenoxy) is 2. The van der Waals surface area contributed by atoms with Crippen molar-refractivity contribution >= 4 is 5.91 Å². The lowest BCUT2D eigenvalue weighted by Gasteiger charge is -2.13. The van der Waals surface area contributed by atoms with Crippen molar-refractivity contribution in [3.05, 3.63) is 30.3 Å². The van der Waals surface area contributed by atoms with Crippen LogP contribution in [0.5, 0.6) is 5.75 Å². The number of carbonyl (C=O) groups is 1. The zero-order valence-corrected chi connectivity index (χ0v) is 9.60. The van der Waals surface area contributed by atoms with Crippen LogP contribution in [0.25, 0.3) is 0 Å². The molecule has 0 heterocycles. The Morgan fingerprint density at radius 1 is 1.38 bits per heavy atom. The smallest absolute Gasteiger partial charge is 0.258 e. The van der Waals surface area contributed by atoms with Gasteiger partial charge in [-0.1, -0.05) is 18.2 Å². The van der Waals surface area contributed by atoms with Crippen molar-refractivity contribution in [2.45, 2.75) is 13.0 Å². The Morgan fingerprint density at radius 2 is 2.06 bits per heavy atom. The number of hydrogen-bond donors (Lipinski definition) is 1. The molecule has 1 aromatic carbocycles. The molecule has 88 valence electrons. The van der Waals surface area contributed by atoms with Crippen LogP contribution >= 0.6 is 0 Å². The first-order valence-corrected chi connectivity index (χ1v) is 5.18. The van der Waals surface area contributed by atoms with Gasteiger partial charge in [0.2, 0.25) is 0 Å². The fourth-order valence-corrected chi connectivity index (χ4v) is 1.27. The summed E-state index contributed by atoms with van der Waals surface area (Å²) < 4.78 is 10.2. The molecule has 0 fully saturated rings. The van der Waals surface area contributed by atoms with Crippen LogP contribution in [-0.4, -0.2) is 32.3 Å². The number of carbonyl (C=O) groups excluding carboxylic acids is 1. The minimum absolute atomic E-state index is 0.00290. The molecule has 1 atom stereocenters. The maximum Gasteiger partial charge on any atom is 0.258 e. The minimum atomic E-state index is -0.145. The molecule has 0 bridgehead atoms. The van der Waals surface area contributed by atoms with Crippen LogP contribution in [-0.2, 0) is 9.53 Å². The zero-order chi connectivity index (χ0) is 11.8. The number of benzene rings is 1. The molecule has 0 aliphatic heterocycles. The third-order valence-corrected chi connectivity index (χ3v) is 1.94. The van der Waals surface area contributed by atoms with E-state index in [-0.39, 0.29) is 18.6 Å². The summed E-state index contributed by atoms with van der Waals surface area (Å²) in [6.45, 7) is 2.40. The molecule has 0 saturated carbocycles. The van der Waals surface area contributed by atoms with Crippen molar-refractivity contribution in [1.82, 2.24) is 5.32 Å². The fourth-order valence-electron chi connectivity index (χ4n) is 1.27. The second kappa shape index (κ2) is 6.85. The van der Waals surface area contributed by atoms with Gasteiger partial charge in [-0.25, -0.2) is 0 Å². The third-order valence-electron chi connectivity index (χ3n) is 1.94. The Bertz CT molecular complexity index is 313. The number of amides is 1. The molecule has 0 radical (unpaired) electrons. The largest absolute Gasteiger partial charge is 0.484 e. The normalized spacial score (nSPS) is 11.9. The first-order valence-electron chi connectivity index (χ1n) is 5.18. The molecule has 0 aliphatic carbocycles. The summed E-state index contributed by atoms with van der Waals surface area (Å²) in [5, 5.41) is 2.76. The highest BCUT2D eigenvalue weighted by Crippen LogP contribution is 2.07. The molecular weight excluding hydrogens is 206 g/mol. The van der Waals surface area contributed by atoms with Gasteiger partial charge < -0.3 is 14.8 Å². The molecule has 0 unspecified atom stereocenters. The van der Waals surface area contributed by atoms with E-state index in [0.29, 0.717) is 12.4 Å². The van der Waals surface area contributed by atoms with Crippen molar-refractivity contribution in [3.63, 3.8) is 0 Å². The molecule has 1 amide bonds. The highest BCUT2D eigenvalue weighted by atomic mass is 16.5. The highest BCUT2D eigenvalue weighted by molar-refractivity contribution is 5.77. The highest BCUT2D eigenvalue weighted by Gasteiger charge is 2.07. The molecule has 4 heteroatoms. The summed E-state index contributed by atoms with van der Waals surface area (Å²) in [5.41, 5.74) is 0. The quantitative estimate of drug-likeness (QED) is 0.788. The lowest BCUT2D eigenvalue weighted by Crippen LogP contribution is -2.38. The number of hydrogen-bond acceptors (Lipinski definition) is 3. The maximum absolute atomic E-state index is 11.4. The zero-order valence-electron chi connectivity index (χ0n) is 9.60. The lowest BCUT2D eigenvalue weighted by atomic mass is 10.3. The van der Waals surface area contributed by atoms with E-state index in [1.165, 1.54) is 0 Å². The summed E-state index contributed by atoms with van der Waals surface area (Å²) >= 11 is 0. The first-order chi connectivity index (χ1) is 7.72. The monoisotopic (exact) mass is 223 g/mol. The molecular formula is C12H17NO3. The molecule has 1 N–H and O–H groups in total. The van der Waals surface area contributed by atoms with Crippen LogP contribution < -0.4 is 10.1 Å². The van der Waals surface area contributed by atoms with Crippen molar-refractivity contribution < 1.29 is 14.3 Å². The Kier molecular flexibility index (Phi) is 5.36. The van der Waals surface area contributed by atoms with Crippen molar-refractivity contribution in [2.75, 3.05) is 20.3 Å². The predicted octanol–water partition coefficient (Wildman–Crippen LogP) is 1.22. The van der Waals surface area contributed by atoms with E-state index in [1.54, 1.807) is 7.11 Å². The van der Waals surface area contributed by atoms with E-state index in [9.17, 15) is 4.79 Å². The number of nitrogens with one attached hydrogen (secondary N) is 1. The first kappa shape index (κ1) is 12.5. The summed E-state index contributed by atoms with van der Waals surface area (Å²) in [6, 6.07) is 9.24. The minimum Gasteiger partial charge on any atom is -0.484 e. The predicted molar refractivity (Wildman–Crippen MR) is 61.4 cm³/mol. The Balaban J connectivity index is 2.25. The van der Waals surface area contributed by atoms with Crippen molar-refractivity contribution in [1.29, 1.82) is 0 Å². The second-order valence-electron chi connectivity index (χ2n) is 3.53. The SMILES string of the molecule is COC[C@@H](C)NC(=O)COc1ccccc1. The van der Waals surface area contributed by atoms with Gasteiger partial charge in [-0.15, -0.1) is 0 Å². The summed E-state index contributed by atoms with van der Waals surface area (Å²) in [5.74, 6) is 0.547. The summed E-state index contributed by atoms with van der Waals surface area (Å²) in [7, 11) is 1.60. The summed E-state index contributed by atoms with van der Waals surface area (Å²) in [4.78, 5) is 11.4. The van der Waals surface area contributed by atoms with Gasteiger partial charge in [-0.3, -0.25) is 4.79 Å². The van der Waals surface area contributed by atoms with E-state index in [1.807, 2.05) is 37.3 Å². The average Bonchev–Trinajstić information content (AvgIpc) is 2.28. The van der Waals surface area contributed by atoms with Crippen LogP contribution in [0.2, 0.25) is 0 Å². The van der Waals surface area contributed by atoms with Gasteiger partial charge in [0.25, 0.3) is 5.91 Å². The molecule has 0 aromatic heterocycles. The van der Waals surface area contributed by atoms with E-state index in [2.05, 4.69) is 5.32 Å². The van der Waals surface area contributed by atoms with Crippen molar-refractivity contribution in [3.8, 4) is 5.75 Å². The van der Waals surface area contributed by atoms with Crippen molar-refractivity contribution in [2.24, 2.45) is 0 Å². The van der Waals surface area contributed by atoms with Gasteiger partial charge in [-0.05, 0) is 19.1 Å². The van der Waals surface area contributed by atoms with E-state index >= 15 is 0 Å². The Labute approximate surface area is 95.6 Å². The van der Waals surface area contributed by atoms with Crippen LogP contribution in [0.4, 0.5) is 0 Å². The molecule has 4 nitrogen and oxygen atoms in total. The Hall–Kier alpha value is -1.55. The summed E-state index contributed by atoms with van der Waals surface area (Å²) in [6.07, 6.45) is 0. The molecule has 1 aromatic rings. The number of methoxy groups -OCH3 is 1. The lowest BCUT2D eigenvalue weighted by molar-refractivity contribution is -0.124. The van der Waals surface area contributed by atoms with Gasteiger partial charge in [-0.2, -0.15) is 0 Å². The molecule has 16 heavy (non-hydrogen) atoms. The molecule has 0 spiro atoms. The van der Waals surface area contributed by atoms with Gasteiger partial charge >= 0.3 is 0 Å². The number of rotatable bonds is 6. The van der Waals surface area contributed by atoms with E-state index < -0.39 is 0 Å². The standard InChI is InChI=1S/C12H17NO3/c1-10(8-15-2)13-12(14)9-16-11-6-4-3-5-7-11/h3-7,10H,8-9H2,1-2H3,(H,13,14)/t10-/m1/s1. The van der Waals surface area contributed by atoms with Gasteiger partial charge in [0.15, 0.2) is 6.61 Å². The third kappa shape index (κ3) is 4.79. The van der Waals surface area contributed by atoms with Crippen LogP contribution in [0.15, 0.2) is 30.3 Å². The fraction of sp³-hybridized carbons (Fsp3) is 0.417. The molecule has 0 aliphatic rings. The van der Waals surface area contributed by atoms with Crippen LogP contribution in [0.3, 0.4) is 0 Å². The van der Waals surface area contributed by atoms with Crippen LogP contribution in [0.1, 0.15) is 6.92 Å². The Morgan fingerprint density at radius 3 is 2.69 bits per heavy atom. The molecule has 1 rings (SSSR count). The van der Waals surface area contributed by atoms with E-state index in [4.69, 9.17) is 9.47 Å². The number of para-hydroxylation sites is 1. The van der Waals surface area contributed by atoms with E-state index in [0.717, 1.165) is 0 Å². The van der Waals surface area contributed by atoms with Gasteiger partial charge in [0.1, 0.15) is 5.75 Å². The molecule has 0 saturated heterocycles. The van der Waals surface area contributed by atoms with Crippen LogP contribution in [0, 0.1) is 0 Å². The average molecular weight is 223 g/mol. The topological polar surface area (TPSA) is 47.6 Å². The maximum atomic E-state index is 11.4. The van der Waals surface area contributed by atoms with Gasteiger partial charge in [0.05, 0.1) is 6.61 Å².